The number of hydrogen-bond donors (Lipinski definition) is 1. The summed E-state index contributed by atoms with van der Waals surface area (Å²) in [6.45, 7) is 11.0. The predicted molar refractivity (Wildman–Crippen MR) is 62.1 cm³/mol. The highest BCUT2D eigenvalue weighted by atomic mass is 16.5. The molecule has 1 heterocycles. The lowest BCUT2D eigenvalue weighted by Crippen LogP contribution is -2.47. The van der Waals surface area contributed by atoms with Crippen molar-refractivity contribution in [2.45, 2.75) is 39.2 Å². The van der Waals surface area contributed by atoms with Gasteiger partial charge in [-0.3, -0.25) is 0 Å². The average Bonchev–Trinajstić information content (AvgIpc) is 2.17. The molecule has 90 valence electrons. The first-order valence-electron chi connectivity index (χ1n) is 6.03. The van der Waals surface area contributed by atoms with Gasteiger partial charge in [0.05, 0.1) is 6.61 Å². The molecule has 0 spiro atoms. The van der Waals surface area contributed by atoms with Crippen LogP contribution in [0, 0.1) is 5.92 Å². The summed E-state index contributed by atoms with van der Waals surface area (Å²) in [5.74, 6) is 0.628. The van der Waals surface area contributed by atoms with Gasteiger partial charge in [0, 0.05) is 31.9 Å². The Morgan fingerprint density at radius 2 is 2.00 bits per heavy atom. The van der Waals surface area contributed by atoms with E-state index >= 15 is 0 Å². The molecular formula is C12H25NO2. The highest BCUT2D eigenvalue weighted by molar-refractivity contribution is 4.84. The zero-order valence-corrected chi connectivity index (χ0v) is 10.3. The second-order valence-electron chi connectivity index (χ2n) is 5.07. The van der Waals surface area contributed by atoms with Crippen molar-refractivity contribution in [1.82, 2.24) is 5.32 Å². The molecule has 0 aliphatic carbocycles. The van der Waals surface area contributed by atoms with E-state index in [2.05, 4.69) is 26.1 Å². The van der Waals surface area contributed by atoms with Crippen LogP contribution in [0.5, 0.6) is 0 Å². The molecule has 0 bridgehead atoms. The second kappa shape index (κ2) is 6.46. The number of ether oxygens (including phenoxy) is 2. The molecular weight excluding hydrogens is 190 g/mol. The van der Waals surface area contributed by atoms with E-state index in [-0.39, 0.29) is 5.54 Å². The molecule has 0 unspecified atom stereocenters. The Morgan fingerprint density at radius 1 is 1.33 bits per heavy atom. The average molecular weight is 215 g/mol. The quantitative estimate of drug-likeness (QED) is 0.686. The maximum Gasteiger partial charge on any atom is 0.0591 e. The molecule has 0 amide bonds. The molecule has 1 aliphatic heterocycles. The van der Waals surface area contributed by atoms with Crippen LogP contribution < -0.4 is 5.32 Å². The van der Waals surface area contributed by atoms with Crippen molar-refractivity contribution >= 4 is 0 Å². The second-order valence-corrected chi connectivity index (χ2v) is 5.07. The Bertz CT molecular complexity index is 165. The van der Waals surface area contributed by atoms with Crippen LogP contribution in [0.4, 0.5) is 0 Å². The summed E-state index contributed by atoms with van der Waals surface area (Å²) in [5, 5.41) is 3.57. The van der Waals surface area contributed by atoms with Gasteiger partial charge in [-0.25, -0.2) is 0 Å². The highest BCUT2D eigenvalue weighted by Gasteiger charge is 2.25. The van der Waals surface area contributed by atoms with Gasteiger partial charge >= 0.3 is 0 Å². The van der Waals surface area contributed by atoms with Gasteiger partial charge in [-0.1, -0.05) is 13.8 Å². The van der Waals surface area contributed by atoms with Crippen LogP contribution in [0.15, 0.2) is 0 Å². The molecule has 0 saturated carbocycles. The standard InChI is InChI=1S/C12H25NO2/c1-11(2)10-15-9-6-13-12(3)4-7-14-8-5-12/h11,13H,4-10H2,1-3H3. The van der Waals surface area contributed by atoms with E-state index in [1.807, 2.05) is 0 Å². The zero-order valence-electron chi connectivity index (χ0n) is 10.3. The first kappa shape index (κ1) is 12.9. The molecule has 3 nitrogen and oxygen atoms in total. The van der Waals surface area contributed by atoms with Crippen molar-refractivity contribution < 1.29 is 9.47 Å². The predicted octanol–water partition coefficient (Wildman–Crippen LogP) is 1.82. The van der Waals surface area contributed by atoms with Gasteiger partial charge < -0.3 is 14.8 Å². The smallest absolute Gasteiger partial charge is 0.0591 e. The van der Waals surface area contributed by atoms with Gasteiger partial charge in [0.1, 0.15) is 0 Å². The van der Waals surface area contributed by atoms with Crippen molar-refractivity contribution in [3.63, 3.8) is 0 Å². The third-order valence-corrected chi connectivity index (χ3v) is 2.85. The molecule has 0 atom stereocenters. The monoisotopic (exact) mass is 215 g/mol. The van der Waals surface area contributed by atoms with E-state index in [4.69, 9.17) is 9.47 Å². The van der Waals surface area contributed by atoms with E-state index in [9.17, 15) is 0 Å². The van der Waals surface area contributed by atoms with Gasteiger partial charge in [0.15, 0.2) is 0 Å². The SMILES string of the molecule is CC(C)COCCNC1(C)CCOCC1. The first-order valence-corrected chi connectivity index (χ1v) is 6.03. The molecule has 1 N–H and O–H groups in total. The van der Waals surface area contributed by atoms with Crippen LogP contribution in [-0.2, 0) is 9.47 Å². The van der Waals surface area contributed by atoms with Crippen LogP contribution in [0.25, 0.3) is 0 Å². The normalized spacial score (nSPS) is 20.8. The number of hydrogen-bond acceptors (Lipinski definition) is 3. The van der Waals surface area contributed by atoms with E-state index in [0.717, 1.165) is 45.8 Å². The largest absolute Gasteiger partial charge is 0.381 e. The van der Waals surface area contributed by atoms with Crippen molar-refractivity contribution in [3.8, 4) is 0 Å². The Morgan fingerprint density at radius 3 is 2.60 bits per heavy atom. The van der Waals surface area contributed by atoms with Gasteiger partial charge in [-0.15, -0.1) is 0 Å². The summed E-state index contributed by atoms with van der Waals surface area (Å²) in [5.41, 5.74) is 0.263. The Hall–Kier alpha value is -0.120. The Labute approximate surface area is 93.5 Å². The maximum atomic E-state index is 5.54. The molecule has 0 radical (unpaired) electrons. The van der Waals surface area contributed by atoms with Crippen LogP contribution in [0.2, 0.25) is 0 Å². The summed E-state index contributed by atoms with van der Waals surface area (Å²) in [6, 6.07) is 0. The summed E-state index contributed by atoms with van der Waals surface area (Å²) in [6.07, 6.45) is 2.22. The summed E-state index contributed by atoms with van der Waals surface area (Å²) < 4.78 is 10.9. The summed E-state index contributed by atoms with van der Waals surface area (Å²) in [4.78, 5) is 0. The van der Waals surface area contributed by atoms with E-state index in [1.165, 1.54) is 0 Å². The molecule has 3 heteroatoms. The molecule has 1 aliphatic rings. The molecule has 1 saturated heterocycles. The highest BCUT2D eigenvalue weighted by Crippen LogP contribution is 2.18. The lowest BCUT2D eigenvalue weighted by atomic mass is 9.93. The molecule has 0 aromatic carbocycles. The minimum absolute atomic E-state index is 0.263. The molecule has 0 aromatic heterocycles. The van der Waals surface area contributed by atoms with Gasteiger partial charge in [0.25, 0.3) is 0 Å². The van der Waals surface area contributed by atoms with E-state index < -0.39 is 0 Å². The van der Waals surface area contributed by atoms with E-state index in [0.29, 0.717) is 5.92 Å². The molecule has 1 fully saturated rings. The van der Waals surface area contributed by atoms with Gasteiger partial charge in [-0.05, 0) is 25.7 Å². The van der Waals surface area contributed by atoms with Gasteiger partial charge in [0.2, 0.25) is 0 Å². The minimum atomic E-state index is 0.263. The lowest BCUT2D eigenvalue weighted by Gasteiger charge is -2.34. The lowest BCUT2D eigenvalue weighted by molar-refractivity contribution is 0.0390. The van der Waals surface area contributed by atoms with Gasteiger partial charge in [-0.2, -0.15) is 0 Å². The Balaban J connectivity index is 2.03. The van der Waals surface area contributed by atoms with Crippen LogP contribution >= 0.6 is 0 Å². The van der Waals surface area contributed by atoms with Crippen LogP contribution in [0.3, 0.4) is 0 Å². The summed E-state index contributed by atoms with van der Waals surface area (Å²) >= 11 is 0. The van der Waals surface area contributed by atoms with Crippen molar-refractivity contribution in [2.75, 3.05) is 33.0 Å². The molecule has 15 heavy (non-hydrogen) atoms. The van der Waals surface area contributed by atoms with Crippen molar-refractivity contribution in [1.29, 1.82) is 0 Å². The van der Waals surface area contributed by atoms with E-state index in [1.54, 1.807) is 0 Å². The number of nitrogens with one attached hydrogen (secondary N) is 1. The zero-order chi connectivity index (χ0) is 11.1. The van der Waals surface area contributed by atoms with Crippen LogP contribution in [0.1, 0.15) is 33.6 Å². The van der Waals surface area contributed by atoms with Crippen LogP contribution in [-0.4, -0.2) is 38.5 Å². The minimum Gasteiger partial charge on any atom is -0.381 e. The molecule has 0 aromatic rings. The number of rotatable bonds is 6. The summed E-state index contributed by atoms with van der Waals surface area (Å²) in [7, 11) is 0. The fourth-order valence-corrected chi connectivity index (χ4v) is 1.74. The molecule has 1 rings (SSSR count). The topological polar surface area (TPSA) is 30.5 Å². The Kier molecular flexibility index (Phi) is 5.58. The fraction of sp³-hybridized carbons (Fsp3) is 1.00. The first-order chi connectivity index (χ1) is 7.12. The fourth-order valence-electron chi connectivity index (χ4n) is 1.74. The maximum absolute atomic E-state index is 5.54. The van der Waals surface area contributed by atoms with Crippen molar-refractivity contribution in [2.24, 2.45) is 5.92 Å². The van der Waals surface area contributed by atoms with Crippen molar-refractivity contribution in [3.05, 3.63) is 0 Å². The third-order valence-electron chi connectivity index (χ3n) is 2.85. The third kappa shape index (κ3) is 5.50.